The number of hydrogen-bond acceptors (Lipinski definition) is 4. The van der Waals surface area contributed by atoms with Crippen molar-refractivity contribution in [3.8, 4) is 0 Å². The van der Waals surface area contributed by atoms with Crippen LogP contribution in [0, 0.1) is 5.82 Å². The third kappa shape index (κ3) is 2.21. The highest BCUT2D eigenvalue weighted by Gasteiger charge is 2.22. The molecule has 2 heterocycles. The van der Waals surface area contributed by atoms with Crippen LogP contribution in [0.4, 0.5) is 4.39 Å². The van der Waals surface area contributed by atoms with E-state index in [4.69, 9.17) is 0 Å². The smallest absolute Gasteiger partial charge is 0.123 e. The highest BCUT2D eigenvalue weighted by Crippen LogP contribution is 2.25. The minimum atomic E-state index is -0.338. The summed E-state index contributed by atoms with van der Waals surface area (Å²) in [6, 6.07) is 4.42. The van der Waals surface area contributed by atoms with Gasteiger partial charge in [-0.05, 0) is 30.2 Å². The standard InChI is InChI=1S/C14H17FN4O/c1-9(12-3-2-11(15)6-10(12)8-20)19-14-4-5-16-7-13(14)17-18-19/h2-3,6,9,16,20H,4-5,7-8H2,1H3. The van der Waals surface area contributed by atoms with E-state index in [0.717, 1.165) is 36.5 Å². The number of fused-ring (bicyclic) bond motifs is 1. The molecule has 3 rings (SSSR count). The van der Waals surface area contributed by atoms with Gasteiger partial charge in [-0.1, -0.05) is 11.3 Å². The van der Waals surface area contributed by atoms with Crippen molar-refractivity contribution in [1.29, 1.82) is 0 Å². The average molecular weight is 276 g/mol. The molecule has 1 aliphatic rings. The Labute approximate surface area is 116 Å². The summed E-state index contributed by atoms with van der Waals surface area (Å²) in [6.07, 6.45) is 0.877. The zero-order valence-electron chi connectivity index (χ0n) is 11.3. The lowest BCUT2D eigenvalue weighted by Gasteiger charge is -2.20. The van der Waals surface area contributed by atoms with Gasteiger partial charge < -0.3 is 10.4 Å². The topological polar surface area (TPSA) is 63.0 Å². The second-order valence-electron chi connectivity index (χ2n) is 5.03. The quantitative estimate of drug-likeness (QED) is 0.883. The maximum atomic E-state index is 13.3. The molecule has 2 N–H and O–H groups in total. The first kappa shape index (κ1) is 13.2. The molecule has 1 aliphatic heterocycles. The van der Waals surface area contributed by atoms with Crippen molar-refractivity contribution in [3.63, 3.8) is 0 Å². The summed E-state index contributed by atoms with van der Waals surface area (Å²) < 4.78 is 15.1. The molecule has 0 saturated carbocycles. The first-order chi connectivity index (χ1) is 9.70. The maximum absolute atomic E-state index is 13.3. The monoisotopic (exact) mass is 276 g/mol. The molecule has 1 atom stereocenters. The van der Waals surface area contributed by atoms with Gasteiger partial charge in [0, 0.05) is 19.5 Å². The Balaban J connectivity index is 2.00. The summed E-state index contributed by atoms with van der Waals surface area (Å²) in [4.78, 5) is 0. The van der Waals surface area contributed by atoms with Crippen LogP contribution >= 0.6 is 0 Å². The molecule has 0 radical (unpaired) electrons. The average Bonchev–Trinajstić information content (AvgIpc) is 2.90. The Morgan fingerprint density at radius 3 is 3.15 bits per heavy atom. The number of rotatable bonds is 3. The van der Waals surface area contributed by atoms with Crippen LogP contribution in [0.2, 0.25) is 0 Å². The molecule has 6 heteroatoms. The summed E-state index contributed by atoms with van der Waals surface area (Å²) in [5, 5.41) is 21.1. The first-order valence-corrected chi connectivity index (χ1v) is 6.73. The van der Waals surface area contributed by atoms with E-state index >= 15 is 0 Å². The van der Waals surface area contributed by atoms with Gasteiger partial charge in [-0.25, -0.2) is 9.07 Å². The first-order valence-electron chi connectivity index (χ1n) is 6.73. The fourth-order valence-corrected chi connectivity index (χ4v) is 2.72. The molecule has 0 saturated heterocycles. The number of nitrogens with zero attached hydrogens (tertiary/aromatic N) is 3. The summed E-state index contributed by atoms with van der Waals surface area (Å²) in [7, 11) is 0. The highest BCUT2D eigenvalue weighted by molar-refractivity contribution is 5.31. The van der Waals surface area contributed by atoms with Crippen molar-refractivity contribution in [2.24, 2.45) is 0 Å². The predicted octanol–water partition coefficient (Wildman–Crippen LogP) is 1.16. The van der Waals surface area contributed by atoms with Gasteiger partial charge in [-0.3, -0.25) is 0 Å². The number of aliphatic hydroxyl groups excluding tert-OH is 1. The van der Waals surface area contributed by atoms with E-state index in [1.807, 2.05) is 11.6 Å². The van der Waals surface area contributed by atoms with Crippen LogP contribution in [0.15, 0.2) is 18.2 Å². The minimum Gasteiger partial charge on any atom is -0.392 e. The molecule has 106 valence electrons. The van der Waals surface area contributed by atoms with Crippen molar-refractivity contribution in [3.05, 3.63) is 46.5 Å². The maximum Gasteiger partial charge on any atom is 0.123 e. The van der Waals surface area contributed by atoms with Crippen molar-refractivity contribution in [2.45, 2.75) is 32.5 Å². The van der Waals surface area contributed by atoms with Crippen molar-refractivity contribution < 1.29 is 9.50 Å². The minimum absolute atomic E-state index is 0.0768. The van der Waals surface area contributed by atoms with E-state index in [2.05, 4.69) is 15.6 Å². The van der Waals surface area contributed by atoms with Gasteiger partial charge in [0.25, 0.3) is 0 Å². The van der Waals surface area contributed by atoms with Crippen molar-refractivity contribution in [2.75, 3.05) is 6.54 Å². The zero-order valence-corrected chi connectivity index (χ0v) is 11.3. The lowest BCUT2D eigenvalue weighted by molar-refractivity contribution is 0.278. The van der Waals surface area contributed by atoms with Gasteiger partial charge in [-0.15, -0.1) is 5.10 Å². The Morgan fingerprint density at radius 2 is 2.35 bits per heavy atom. The van der Waals surface area contributed by atoms with Crippen LogP contribution in [0.3, 0.4) is 0 Å². The van der Waals surface area contributed by atoms with Crippen LogP contribution in [0.1, 0.15) is 35.5 Å². The molecule has 1 aromatic heterocycles. The Kier molecular flexibility index (Phi) is 3.50. The Bertz CT molecular complexity index is 626. The van der Waals surface area contributed by atoms with Crippen LogP contribution < -0.4 is 5.32 Å². The van der Waals surface area contributed by atoms with Gasteiger partial charge in [0.05, 0.1) is 24.0 Å². The molecule has 0 aliphatic carbocycles. The van der Waals surface area contributed by atoms with Gasteiger partial charge in [0.15, 0.2) is 0 Å². The van der Waals surface area contributed by atoms with Crippen LogP contribution in [0.25, 0.3) is 0 Å². The van der Waals surface area contributed by atoms with Crippen LogP contribution in [-0.4, -0.2) is 26.6 Å². The fourth-order valence-electron chi connectivity index (χ4n) is 2.72. The molecule has 0 spiro atoms. The third-order valence-corrected chi connectivity index (χ3v) is 3.79. The summed E-state index contributed by atoms with van der Waals surface area (Å²) in [5.74, 6) is -0.338. The fraction of sp³-hybridized carbons (Fsp3) is 0.429. The second-order valence-corrected chi connectivity index (χ2v) is 5.03. The van der Waals surface area contributed by atoms with Crippen LogP contribution in [0.5, 0.6) is 0 Å². The SMILES string of the molecule is CC(c1ccc(F)cc1CO)n1nnc2c1CCNC2. The molecule has 2 aromatic rings. The predicted molar refractivity (Wildman–Crippen MR) is 71.6 cm³/mol. The molecule has 0 fully saturated rings. The molecular weight excluding hydrogens is 259 g/mol. The van der Waals surface area contributed by atoms with Gasteiger partial charge in [-0.2, -0.15) is 0 Å². The van der Waals surface area contributed by atoms with Gasteiger partial charge in [0.2, 0.25) is 0 Å². The second kappa shape index (κ2) is 5.30. The van der Waals surface area contributed by atoms with E-state index in [0.29, 0.717) is 5.56 Å². The van der Waals surface area contributed by atoms with E-state index < -0.39 is 0 Å². The number of halogens is 1. The van der Waals surface area contributed by atoms with Gasteiger partial charge >= 0.3 is 0 Å². The van der Waals surface area contributed by atoms with Gasteiger partial charge in [0.1, 0.15) is 5.82 Å². The van der Waals surface area contributed by atoms with E-state index in [1.165, 1.54) is 12.1 Å². The normalized spacial score (nSPS) is 15.9. The molecule has 1 unspecified atom stereocenters. The van der Waals surface area contributed by atoms with Crippen molar-refractivity contribution >= 4 is 0 Å². The summed E-state index contributed by atoms with van der Waals surface area (Å²) in [6.45, 7) is 3.45. The lowest BCUT2D eigenvalue weighted by Crippen LogP contribution is -2.26. The Morgan fingerprint density at radius 1 is 1.50 bits per heavy atom. The summed E-state index contributed by atoms with van der Waals surface area (Å²) in [5.41, 5.74) is 3.55. The van der Waals surface area contributed by atoms with Crippen LogP contribution in [-0.2, 0) is 19.6 Å². The Hall–Kier alpha value is -1.79. The van der Waals surface area contributed by atoms with Crippen molar-refractivity contribution in [1.82, 2.24) is 20.3 Å². The third-order valence-electron chi connectivity index (χ3n) is 3.79. The largest absolute Gasteiger partial charge is 0.392 e. The number of aliphatic hydroxyl groups is 1. The number of aromatic nitrogens is 3. The molecule has 5 nitrogen and oxygen atoms in total. The highest BCUT2D eigenvalue weighted by atomic mass is 19.1. The lowest BCUT2D eigenvalue weighted by atomic mass is 10.0. The van der Waals surface area contributed by atoms with E-state index in [-0.39, 0.29) is 18.5 Å². The molecular formula is C14H17FN4O. The molecule has 20 heavy (non-hydrogen) atoms. The number of nitrogens with one attached hydrogen (secondary N) is 1. The number of benzene rings is 1. The molecule has 1 aromatic carbocycles. The zero-order chi connectivity index (χ0) is 14.1. The molecule has 0 amide bonds. The van der Waals surface area contributed by atoms with E-state index in [9.17, 15) is 9.50 Å². The number of hydrogen-bond donors (Lipinski definition) is 2. The van der Waals surface area contributed by atoms with E-state index in [1.54, 1.807) is 6.07 Å². The molecule has 0 bridgehead atoms. The summed E-state index contributed by atoms with van der Waals surface area (Å²) >= 11 is 0.